The Balaban J connectivity index is 2.36. The first-order valence-electron chi connectivity index (χ1n) is 5.63. The molecule has 19 heavy (non-hydrogen) atoms. The van der Waals surface area contributed by atoms with Gasteiger partial charge in [0, 0.05) is 12.6 Å². The van der Waals surface area contributed by atoms with Gasteiger partial charge in [-0.2, -0.15) is 0 Å². The van der Waals surface area contributed by atoms with Crippen LogP contribution in [-0.2, 0) is 21.4 Å². The third-order valence-corrected chi connectivity index (χ3v) is 4.30. The van der Waals surface area contributed by atoms with Gasteiger partial charge >= 0.3 is 0 Å². The molecule has 0 bridgehead atoms. The molecule has 1 aromatic carbocycles. The van der Waals surface area contributed by atoms with Gasteiger partial charge in [0.1, 0.15) is 4.90 Å². The Morgan fingerprint density at radius 1 is 1.42 bits per heavy atom. The highest BCUT2D eigenvalue weighted by Crippen LogP contribution is 2.21. The van der Waals surface area contributed by atoms with Gasteiger partial charge in [-0.3, -0.25) is 0 Å². The number of aliphatic hydroxyl groups is 1. The van der Waals surface area contributed by atoms with Crippen LogP contribution in [0, 0.1) is 11.6 Å². The van der Waals surface area contributed by atoms with Crippen molar-refractivity contribution in [2.75, 3.05) is 13.2 Å². The SMILES string of the molecule is O=S(=O)(NC1CCOC1)c1cc(CO)cc(F)c1F. The lowest BCUT2D eigenvalue weighted by molar-refractivity contribution is 0.192. The molecule has 2 N–H and O–H groups in total. The molecule has 1 heterocycles. The van der Waals surface area contributed by atoms with E-state index in [0.717, 1.165) is 12.1 Å². The normalized spacial score (nSPS) is 19.8. The van der Waals surface area contributed by atoms with E-state index >= 15 is 0 Å². The standard InChI is InChI=1S/C11H13F2NO4S/c12-9-3-7(5-15)4-10(11(9)13)19(16,17)14-8-1-2-18-6-8/h3-4,8,14-15H,1-2,5-6H2. The Morgan fingerprint density at radius 2 is 2.16 bits per heavy atom. The second-order valence-electron chi connectivity index (χ2n) is 4.23. The molecule has 0 radical (unpaired) electrons. The maximum atomic E-state index is 13.6. The van der Waals surface area contributed by atoms with Crippen molar-refractivity contribution in [3.63, 3.8) is 0 Å². The smallest absolute Gasteiger partial charge is 0.243 e. The molecular weight excluding hydrogens is 280 g/mol. The molecule has 0 aromatic heterocycles. The topological polar surface area (TPSA) is 75.6 Å². The molecule has 0 spiro atoms. The number of hydrogen-bond donors (Lipinski definition) is 2. The summed E-state index contributed by atoms with van der Waals surface area (Å²) >= 11 is 0. The molecule has 8 heteroatoms. The average molecular weight is 293 g/mol. The minimum Gasteiger partial charge on any atom is -0.392 e. The van der Waals surface area contributed by atoms with Crippen molar-refractivity contribution in [1.29, 1.82) is 0 Å². The van der Waals surface area contributed by atoms with Crippen molar-refractivity contribution in [3.05, 3.63) is 29.3 Å². The van der Waals surface area contributed by atoms with Gasteiger partial charge in [0.05, 0.1) is 13.2 Å². The lowest BCUT2D eigenvalue weighted by Crippen LogP contribution is -2.35. The Bertz CT molecular complexity index is 570. The van der Waals surface area contributed by atoms with Crippen LogP contribution in [-0.4, -0.2) is 32.8 Å². The largest absolute Gasteiger partial charge is 0.392 e. The number of hydrogen-bond acceptors (Lipinski definition) is 4. The zero-order valence-corrected chi connectivity index (χ0v) is 10.7. The molecule has 0 aliphatic carbocycles. The molecule has 0 amide bonds. The predicted molar refractivity (Wildman–Crippen MR) is 61.8 cm³/mol. The van der Waals surface area contributed by atoms with E-state index < -0.39 is 39.2 Å². The van der Waals surface area contributed by atoms with Crippen molar-refractivity contribution >= 4 is 10.0 Å². The van der Waals surface area contributed by atoms with Crippen LogP contribution in [0.3, 0.4) is 0 Å². The summed E-state index contributed by atoms with van der Waals surface area (Å²) in [6.45, 7) is 0.0377. The summed E-state index contributed by atoms with van der Waals surface area (Å²) in [6.07, 6.45) is 0.475. The van der Waals surface area contributed by atoms with E-state index in [2.05, 4.69) is 4.72 Å². The van der Waals surface area contributed by atoms with Crippen LogP contribution in [0.5, 0.6) is 0 Å². The van der Waals surface area contributed by atoms with E-state index in [1.807, 2.05) is 0 Å². The minimum atomic E-state index is -4.19. The molecule has 1 saturated heterocycles. The van der Waals surface area contributed by atoms with Gasteiger partial charge in [-0.05, 0) is 24.1 Å². The van der Waals surface area contributed by atoms with Gasteiger partial charge in [-0.15, -0.1) is 0 Å². The first-order valence-corrected chi connectivity index (χ1v) is 7.11. The summed E-state index contributed by atoms with van der Waals surface area (Å²) in [7, 11) is -4.19. The number of aliphatic hydroxyl groups excluding tert-OH is 1. The van der Waals surface area contributed by atoms with Gasteiger partial charge in [0.25, 0.3) is 0 Å². The Labute approximate surface area is 109 Å². The van der Waals surface area contributed by atoms with E-state index in [9.17, 15) is 17.2 Å². The van der Waals surface area contributed by atoms with E-state index in [1.54, 1.807) is 0 Å². The number of benzene rings is 1. The number of nitrogens with one attached hydrogen (secondary N) is 1. The Hall–Kier alpha value is -1.09. The van der Waals surface area contributed by atoms with Crippen LogP contribution in [0.2, 0.25) is 0 Å². The summed E-state index contributed by atoms with van der Waals surface area (Å²) in [5.41, 5.74) is -0.0121. The maximum Gasteiger partial charge on any atom is 0.243 e. The van der Waals surface area contributed by atoms with Gasteiger partial charge in [-0.1, -0.05) is 0 Å². The zero-order valence-electron chi connectivity index (χ0n) is 9.90. The fourth-order valence-corrected chi connectivity index (χ4v) is 3.21. The summed E-state index contributed by atoms with van der Waals surface area (Å²) in [5.74, 6) is -2.77. The van der Waals surface area contributed by atoms with Crippen LogP contribution in [0.15, 0.2) is 17.0 Å². The first-order chi connectivity index (χ1) is 8.94. The van der Waals surface area contributed by atoms with Crippen LogP contribution >= 0.6 is 0 Å². The predicted octanol–water partition coefficient (Wildman–Crippen LogP) is 0.524. The van der Waals surface area contributed by atoms with Crippen molar-refractivity contribution in [3.8, 4) is 0 Å². The third kappa shape index (κ3) is 3.08. The molecular formula is C11H13F2NO4S. The first kappa shape index (κ1) is 14.3. The summed E-state index contributed by atoms with van der Waals surface area (Å²) in [4.78, 5) is -0.802. The molecule has 1 fully saturated rings. The van der Waals surface area contributed by atoms with Crippen molar-refractivity contribution in [2.24, 2.45) is 0 Å². The summed E-state index contributed by atoms with van der Waals surface area (Å²) in [5, 5.41) is 8.90. The minimum absolute atomic E-state index is 0.0121. The van der Waals surface area contributed by atoms with E-state index in [4.69, 9.17) is 9.84 Å². The second kappa shape index (κ2) is 5.49. The molecule has 1 aliphatic rings. The van der Waals surface area contributed by atoms with Crippen LogP contribution in [0.4, 0.5) is 8.78 Å². The molecule has 1 unspecified atom stereocenters. The highest BCUT2D eigenvalue weighted by Gasteiger charge is 2.27. The molecule has 2 rings (SSSR count). The number of halogens is 2. The van der Waals surface area contributed by atoms with Crippen LogP contribution < -0.4 is 4.72 Å². The molecule has 1 aliphatic heterocycles. The van der Waals surface area contributed by atoms with Crippen molar-refractivity contribution < 1.29 is 27.0 Å². The molecule has 5 nitrogen and oxygen atoms in total. The second-order valence-corrected chi connectivity index (χ2v) is 5.91. The van der Waals surface area contributed by atoms with Gasteiger partial charge in [0.2, 0.25) is 10.0 Å². The highest BCUT2D eigenvalue weighted by atomic mass is 32.2. The third-order valence-electron chi connectivity index (χ3n) is 2.78. The summed E-state index contributed by atoms with van der Waals surface area (Å²) in [6, 6.07) is 1.22. The Morgan fingerprint density at radius 3 is 2.74 bits per heavy atom. The van der Waals surface area contributed by atoms with Gasteiger partial charge < -0.3 is 9.84 Å². The monoisotopic (exact) mass is 293 g/mol. The van der Waals surface area contributed by atoms with Crippen molar-refractivity contribution in [2.45, 2.75) is 24.0 Å². The zero-order chi connectivity index (χ0) is 14.0. The van der Waals surface area contributed by atoms with Gasteiger partial charge in [-0.25, -0.2) is 21.9 Å². The van der Waals surface area contributed by atoms with E-state index in [-0.39, 0.29) is 12.2 Å². The van der Waals surface area contributed by atoms with Gasteiger partial charge in [0.15, 0.2) is 11.6 Å². The van der Waals surface area contributed by atoms with E-state index in [0.29, 0.717) is 13.0 Å². The van der Waals surface area contributed by atoms with Crippen LogP contribution in [0.1, 0.15) is 12.0 Å². The highest BCUT2D eigenvalue weighted by molar-refractivity contribution is 7.89. The maximum absolute atomic E-state index is 13.6. The van der Waals surface area contributed by atoms with Crippen molar-refractivity contribution in [1.82, 2.24) is 4.72 Å². The molecule has 106 valence electrons. The molecule has 0 saturated carbocycles. The number of sulfonamides is 1. The van der Waals surface area contributed by atoms with E-state index in [1.165, 1.54) is 0 Å². The fraction of sp³-hybridized carbons (Fsp3) is 0.455. The summed E-state index contributed by atoms with van der Waals surface area (Å²) < 4.78 is 58.0. The average Bonchev–Trinajstić information content (AvgIpc) is 2.84. The lowest BCUT2D eigenvalue weighted by Gasteiger charge is -2.13. The molecule has 1 atom stereocenters. The fourth-order valence-electron chi connectivity index (χ4n) is 1.81. The number of ether oxygens (including phenoxy) is 1. The lowest BCUT2D eigenvalue weighted by atomic mass is 10.2. The number of rotatable bonds is 4. The molecule has 1 aromatic rings. The Kier molecular flexibility index (Phi) is 4.14. The quantitative estimate of drug-likeness (QED) is 0.849. The van der Waals surface area contributed by atoms with Crippen LogP contribution in [0.25, 0.3) is 0 Å².